The number of anilines is 3. The average molecular weight is 369 g/mol. The molecule has 0 aliphatic heterocycles. The molecule has 3 aromatic rings. The van der Waals surface area contributed by atoms with Crippen molar-refractivity contribution in [2.75, 3.05) is 17.7 Å². The number of amides is 1. The fourth-order valence-corrected chi connectivity index (χ4v) is 2.43. The van der Waals surface area contributed by atoms with Gasteiger partial charge in [0.15, 0.2) is 0 Å². The molecule has 0 aliphatic carbocycles. The molecule has 2 aromatic carbocycles. The Hall–Kier alpha value is -3.12. The van der Waals surface area contributed by atoms with Crippen LogP contribution in [0.15, 0.2) is 54.6 Å². The van der Waals surface area contributed by atoms with E-state index < -0.39 is 0 Å². The summed E-state index contributed by atoms with van der Waals surface area (Å²) in [5.41, 5.74) is 2.33. The van der Waals surface area contributed by atoms with E-state index in [2.05, 4.69) is 20.6 Å². The highest BCUT2D eigenvalue weighted by molar-refractivity contribution is 6.30. The highest BCUT2D eigenvalue weighted by Crippen LogP contribution is 2.19. The Morgan fingerprint density at radius 2 is 1.81 bits per heavy atom. The fraction of sp³-hybridized carbons (Fsp3) is 0.105. The molecule has 0 unspecified atom stereocenters. The van der Waals surface area contributed by atoms with Gasteiger partial charge in [-0.15, -0.1) is 0 Å². The maximum atomic E-state index is 12.5. The largest absolute Gasteiger partial charge is 0.497 e. The maximum Gasteiger partial charge on any atom is 0.274 e. The van der Waals surface area contributed by atoms with Crippen LogP contribution < -0.4 is 15.4 Å². The number of hydrogen-bond donors (Lipinski definition) is 2. The lowest BCUT2D eigenvalue weighted by molar-refractivity contribution is 0.102. The SMILES string of the molecule is COc1cccc(NC(=O)c2cc(C)nc(Nc3ccc(Cl)cc3)n2)c1. The first-order valence-corrected chi connectivity index (χ1v) is 8.25. The molecule has 0 radical (unpaired) electrons. The van der Waals surface area contributed by atoms with Gasteiger partial charge in [0.2, 0.25) is 5.95 Å². The molecule has 7 heteroatoms. The highest BCUT2D eigenvalue weighted by atomic mass is 35.5. The number of rotatable bonds is 5. The third kappa shape index (κ3) is 4.49. The number of carbonyl (C=O) groups excluding carboxylic acids is 1. The third-order valence-corrected chi connectivity index (χ3v) is 3.77. The Labute approximate surface area is 156 Å². The van der Waals surface area contributed by atoms with Gasteiger partial charge in [-0.2, -0.15) is 0 Å². The monoisotopic (exact) mass is 368 g/mol. The van der Waals surface area contributed by atoms with E-state index in [1.165, 1.54) is 0 Å². The molecular formula is C19H17ClN4O2. The van der Waals surface area contributed by atoms with Gasteiger partial charge in [0.25, 0.3) is 5.91 Å². The molecule has 0 saturated heterocycles. The molecular weight excluding hydrogens is 352 g/mol. The summed E-state index contributed by atoms with van der Waals surface area (Å²) in [4.78, 5) is 21.1. The lowest BCUT2D eigenvalue weighted by atomic mass is 10.2. The van der Waals surface area contributed by atoms with Crippen LogP contribution in [0.25, 0.3) is 0 Å². The van der Waals surface area contributed by atoms with Crippen molar-refractivity contribution in [2.24, 2.45) is 0 Å². The van der Waals surface area contributed by atoms with Crippen LogP contribution in [0, 0.1) is 6.92 Å². The van der Waals surface area contributed by atoms with Crippen molar-refractivity contribution in [3.8, 4) is 5.75 Å². The van der Waals surface area contributed by atoms with Gasteiger partial charge in [-0.3, -0.25) is 4.79 Å². The van der Waals surface area contributed by atoms with E-state index in [4.69, 9.17) is 16.3 Å². The smallest absolute Gasteiger partial charge is 0.274 e. The van der Waals surface area contributed by atoms with Gasteiger partial charge in [0, 0.05) is 28.2 Å². The molecule has 2 N–H and O–H groups in total. The number of hydrogen-bond acceptors (Lipinski definition) is 5. The number of carbonyl (C=O) groups is 1. The second-order valence-electron chi connectivity index (χ2n) is 5.54. The van der Waals surface area contributed by atoms with E-state index in [0.29, 0.717) is 28.1 Å². The van der Waals surface area contributed by atoms with Gasteiger partial charge in [0.05, 0.1) is 7.11 Å². The van der Waals surface area contributed by atoms with Crippen LogP contribution in [0.1, 0.15) is 16.2 Å². The standard InChI is InChI=1S/C19H17ClN4O2/c1-12-10-17(18(25)22-15-4-3-5-16(11-15)26-2)24-19(21-12)23-14-8-6-13(20)7-9-14/h3-11H,1-2H3,(H,22,25)(H,21,23,24). The fourth-order valence-electron chi connectivity index (χ4n) is 2.30. The van der Waals surface area contributed by atoms with E-state index in [9.17, 15) is 4.79 Å². The number of aryl methyl sites for hydroxylation is 1. The zero-order valence-electron chi connectivity index (χ0n) is 14.3. The average Bonchev–Trinajstić information content (AvgIpc) is 2.63. The maximum absolute atomic E-state index is 12.5. The van der Waals surface area contributed by atoms with E-state index in [0.717, 1.165) is 5.69 Å². The van der Waals surface area contributed by atoms with Gasteiger partial charge in [0.1, 0.15) is 11.4 Å². The summed E-state index contributed by atoms with van der Waals surface area (Å²) in [6.45, 7) is 1.80. The second-order valence-corrected chi connectivity index (χ2v) is 5.97. The van der Waals surface area contributed by atoms with E-state index in [-0.39, 0.29) is 11.6 Å². The molecule has 0 bridgehead atoms. The number of aromatic nitrogens is 2. The van der Waals surface area contributed by atoms with Crippen LogP contribution in [0.5, 0.6) is 5.75 Å². The minimum Gasteiger partial charge on any atom is -0.497 e. The van der Waals surface area contributed by atoms with E-state index >= 15 is 0 Å². The highest BCUT2D eigenvalue weighted by Gasteiger charge is 2.12. The molecule has 0 aliphatic rings. The molecule has 0 fully saturated rings. The summed E-state index contributed by atoms with van der Waals surface area (Å²) in [6, 6.07) is 15.9. The summed E-state index contributed by atoms with van der Waals surface area (Å²) in [7, 11) is 1.57. The summed E-state index contributed by atoms with van der Waals surface area (Å²) in [5, 5.41) is 6.51. The quantitative estimate of drug-likeness (QED) is 0.696. The predicted molar refractivity (Wildman–Crippen MR) is 102 cm³/mol. The third-order valence-electron chi connectivity index (χ3n) is 3.51. The van der Waals surface area contributed by atoms with E-state index in [1.54, 1.807) is 56.5 Å². The van der Waals surface area contributed by atoms with Crippen molar-refractivity contribution >= 4 is 34.8 Å². The number of benzene rings is 2. The summed E-state index contributed by atoms with van der Waals surface area (Å²) in [5.74, 6) is 0.665. The van der Waals surface area contributed by atoms with Crippen molar-refractivity contribution < 1.29 is 9.53 Å². The van der Waals surface area contributed by atoms with Gasteiger partial charge >= 0.3 is 0 Å². The molecule has 3 rings (SSSR count). The lowest BCUT2D eigenvalue weighted by Gasteiger charge is -2.09. The Morgan fingerprint density at radius 3 is 2.54 bits per heavy atom. The van der Waals surface area contributed by atoms with E-state index in [1.807, 2.05) is 12.1 Å². The van der Waals surface area contributed by atoms with Gasteiger partial charge < -0.3 is 15.4 Å². The zero-order valence-corrected chi connectivity index (χ0v) is 15.0. The van der Waals surface area contributed by atoms with Crippen LogP contribution >= 0.6 is 11.6 Å². The Morgan fingerprint density at radius 1 is 1.04 bits per heavy atom. The molecule has 26 heavy (non-hydrogen) atoms. The molecule has 1 aromatic heterocycles. The van der Waals surface area contributed by atoms with Crippen LogP contribution in [0.3, 0.4) is 0 Å². The number of nitrogens with zero attached hydrogens (tertiary/aromatic N) is 2. The first-order valence-electron chi connectivity index (χ1n) is 7.87. The molecule has 1 heterocycles. The Kier molecular flexibility index (Phi) is 5.34. The summed E-state index contributed by atoms with van der Waals surface area (Å²) in [6.07, 6.45) is 0. The normalized spacial score (nSPS) is 10.3. The molecule has 1 amide bonds. The number of ether oxygens (including phenoxy) is 1. The van der Waals surface area contributed by atoms with Gasteiger partial charge in [-0.1, -0.05) is 17.7 Å². The van der Waals surface area contributed by atoms with Crippen molar-refractivity contribution in [3.63, 3.8) is 0 Å². The topological polar surface area (TPSA) is 76.1 Å². The van der Waals surface area contributed by atoms with Crippen molar-refractivity contribution in [2.45, 2.75) is 6.92 Å². The zero-order chi connectivity index (χ0) is 18.5. The van der Waals surface area contributed by atoms with Crippen molar-refractivity contribution in [1.29, 1.82) is 0 Å². The first-order chi connectivity index (χ1) is 12.5. The minimum absolute atomic E-state index is 0.261. The van der Waals surface area contributed by atoms with Crippen LogP contribution in [-0.2, 0) is 0 Å². The minimum atomic E-state index is -0.331. The summed E-state index contributed by atoms with van der Waals surface area (Å²) >= 11 is 5.88. The predicted octanol–water partition coefficient (Wildman–Crippen LogP) is 4.44. The second kappa shape index (κ2) is 7.84. The molecule has 132 valence electrons. The van der Waals surface area contributed by atoms with Crippen molar-refractivity contribution in [3.05, 3.63) is 71.0 Å². The lowest BCUT2D eigenvalue weighted by Crippen LogP contribution is -2.15. The van der Waals surface area contributed by atoms with Crippen LogP contribution in [-0.4, -0.2) is 23.0 Å². The van der Waals surface area contributed by atoms with Crippen LogP contribution in [0.2, 0.25) is 5.02 Å². The number of halogens is 1. The molecule has 0 spiro atoms. The number of methoxy groups -OCH3 is 1. The molecule has 0 atom stereocenters. The molecule has 6 nitrogen and oxygen atoms in total. The van der Waals surface area contributed by atoms with Gasteiger partial charge in [-0.25, -0.2) is 9.97 Å². The van der Waals surface area contributed by atoms with Crippen molar-refractivity contribution in [1.82, 2.24) is 9.97 Å². The Balaban J connectivity index is 1.79. The summed E-state index contributed by atoms with van der Waals surface area (Å²) < 4.78 is 5.16. The van der Waals surface area contributed by atoms with Gasteiger partial charge in [-0.05, 0) is 49.4 Å². The molecule has 0 saturated carbocycles. The Bertz CT molecular complexity index is 929. The number of nitrogens with one attached hydrogen (secondary N) is 2. The van der Waals surface area contributed by atoms with Crippen LogP contribution in [0.4, 0.5) is 17.3 Å². The first kappa shape index (κ1) is 17.7.